The smallest absolute Gasteiger partial charge is 0.255 e. The van der Waals surface area contributed by atoms with Crippen molar-refractivity contribution in [1.29, 1.82) is 0 Å². The van der Waals surface area contributed by atoms with Crippen LogP contribution in [0.4, 0.5) is 4.39 Å². The van der Waals surface area contributed by atoms with Gasteiger partial charge in [0, 0.05) is 35.2 Å². The highest BCUT2D eigenvalue weighted by atomic mass is 79.9. The van der Waals surface area contributed by atoms with Crippen LogP contribution < -0.4 is 5.32 Å². The van der Waals surface area contributed by atoms with E-state index < -0.39 is 0 Å². The predicted octanol–water partition coefficient (Wildman–Crippen LogP) is 4.77. The maximum atomic E-state index is 13.5. The number of carbonyl (C=O) groups is 1. The minimum absolute atomic E-state index is 0.181. The molecule has 144 valence electrons. The Hall–Kier alpha value is -3.32. The highest BCUT2D eigenvalue weighted by Gasteiger charge is 2.19. The van der Waals surface area contributed by atoms with E-state index in [0.717, 1.165) is 15.7 Å². The largest absolute Gasteiger partial charge is 0.348 e. The molecule has 0 spiro atoms. The second kappa shape index (κ2) is 8.36. The van der Waals surface area contributed by atoms with E-state index in [-0.39, 0.29) is 18.3 Å². The van der Waals surface area contributed by atoms with Gasteiger partial charge in [-0.25, -0.2) is 9.07 Å². The summed E-state index contributed by atoms with van der Waals surface area (Å²) >= 11 is 3.38. The molecule has 0 aliphatic rings. The van der Waals surface area contributed by atoms with Crippen molar-refractivity contribution >= 4 is 21.8 Å². The lowest BCUT2D eigenvalue weighted by Gasteiger charge is -2.07. The standard InChI is InChI=1S/C22H16BrFN4O/c23-20-9-8-17(24)11-16(20)13-26-22(29)19-14-28(18-6-2-1-3-7-18)27-21(19)15-5-4-10-25-12-15/h1-12,14H,13H2,(H,26,29). The molecule has 0 aliphatic heterocycles. The second-order valence-electron chi connectivity index (χ2n) is 6.33. The summed E-state index contributed by atoms with van der Waals surface area (Å²) in [5.74, 6) is -0.660. The summed E-state index contributed by atoms with van der Waals surface area (Å²) in [7, 11) is 0. The molecule has 2 heterocycles. The zero-order valence-corrected chi connectivity index (χ0v) is 16.8. The Morgan fingerprint density at radius 1 is 1.10 bits per heavy atom. The Bertz CT molecular complexity index is 1150. The third-order valence-electron chi connectivity index (χ3n) is 4.36. The molecular formula is C22H16BrFN4O. The average molecular weight is 451 g/mol. The normalized spacial score (nSPS) is 10.7. The second-order valence-corrected chi connectivity index (χ2v) is 7.19. The molecule has 1 amide bonds. The molecule has 7 heteroatoms. The topological polar surface area (TPSA) is 59.8 Å². The van der Waals surface area contributed by atoms with Gasteiger partial charge in [-0.05, 0) is 48.0 Å². The van der Waals surface area contributed by atoms with E-state index in [0.29, 0.717) is 16.8 Å². The third kappa shape index (κ3) is 4.25. The van der Waals surface area contributed by atoms with Crippen LogP contribution in [0, 0.1) is 5.82 Å². The molecule has 4 rings (SSSR count). The molecule has 5 nitrogen and oxygen atoms in total. The molecule has 0 saturated carbocycles. The van der Waals surface area contributed by atoms with Gasteiger partial charge in [0.2, 0.25) is 0 Å². The fourth-order valence-electron chi connectivity index (χ4n) is 2.92. The highest BCUT2D eigenvalue weighted by molar-refractivity contribution is 9.10. The fraction of sp³-hybridized carbons (Fsp3) is 0.0455. The maximum absolute atomic E-state index is 13.5. The summed E-state index contributed by atoms with van der Waals surface area (Å²) in [5, 5.41) is 7.45. The van der Waals surface area contributed by atoms with Crippen LogP contribution in [-0.4, -0.2) is 20.7 Å². The summed E-state index contributed by atoms with van der Waals surface area (Å²) < 4.78 is 15.9. The summed E-state index contributed by atoms with van der Waals surface area (Å²) in [6.45, 7) is 0.181. The predicted molar refractivity (Wildman–Crippen MR) is 112 cm³/mol. The summed E-state index contributed by atoms with van der Waals surface area (Å²) in [6, 6.07) is 17.6. The molecule has 2 aromatic heterocycles. The first-order chi connectivity index (χ1) is 14.1. The highest BCUT2D eigenvalue weighted by Crippen LogP contribution is 2.24. The van der Waals surface area contributed by atoms with Crippen LogP contribution in [0.15, 0.2) is 83.7 Å². The van der Waals surface area contributed by atoms with E-state index in [2.05, 4.69) is 31.3 Å². The first kappa shape index (κ1) is 19.0. The zero-order chi connectivity index (χ0) is 20.2. The number of rotatable bonds is 5. The molecule has 0 fully saturated rings. The first-order valence-electron chi connectivity index (χ1n) is 8.89. The quantitative estimate of drug-likeness (QED) is 0.476. The first-order valence-corrected chi connectivity index (χ1v) is 9.69. The Kier molecular flexibility index (Phi) is 5.48. The van der Waals surface area contributed by atoms with E-state index in [1.165, 1.54) is 12.1 Å². The number of nitrogens with zero attached hydrogens (tertiary/aromatic N) is 3. The molecule has 29 heavy (non-hydrogen) atoms. The molecule has 0 bridgehead atoms. The Morgan fingerprint density at radius 3 is 2.69 bits per heavy atom. The van der Waals surface area contributed by atoms with Gasteiger partial charge in [-0.2, -0.15) is 5.10 Å². The number of aromatic nitrogens is 3. The van der Waals surface area contributed by atoms with Gasteiger partial charge in [-0.15, -0.1) is 0 Å². The number of halogens is 2. The number of carbonyl (C=O) groups excluding carboxylic acids is 1. The van der Waals surface area contributed by atoms with Crippen LogP contribution in [0.2, 0.25) is 0 Å². The van der Waals surface area contributed by atoms with Crippen molar-refractivity contribution in [3.63, 3.8) is 0 Å². The number of pyridine rings is 1. The lowest BCUT2D eigenvalue weighted by atomic mass is 10.1. The van der Waals surface area contributed by atoms with Crippen LogP contribution in [0.5, 0.6) is 0 Å². The van der Waals surface area contributed by atoms with Crippen LogP contribution in [-0.2, 0) is 6.54 Å². The van der Waals surface area contributed by atoms with E-state index in [1.54, 1.807) is 35.4 Å². The number of benzene rings is 2. The van der Waals surface area contributed by atoms with Gasteiger partial charge in [0.15, 0.2) is 0 Å². The number of amides is 1. The van der Waals surface area contributed by atoms with Crippen LogP contribution in [0.1, 0.15) is 15.9 Å². The summed E-state index contributed by atoms with van der Waals surface area (Å²) in [6.07, 6.45) is 5.02. The lowest BCUT2D eigenvalue weighted by Crippen LogP contribution is -2.23. The fourth-order valence-corrected chi connectivity index (χ4v) is 3.31. The monoisotopic (exact) mass is 450 g/mol. The van der Waals surface area contributed by atoms with Crippen LogP contribution in [0.25, 0.3) is 16.9 Å². The van der Waals surface area contributed by atoms with Crippen molar-refractivity contribution in [2.75, 3.05) is 0 Å². The van der Waals surface area contributed by atoms with Crippen molar-refractivity contribution in [3.05, 3.63) is 101 Å². The molecule has 0 radical (unpaired) electrons. The zero-order valence-electron chi connectivity index (χ0n) is 15.2. The van der Waals surface area contributed by atoms with Gasteiger partial charge in [0.1, 0.15) is 11.5 Å². The summed E-state index contributed by atoms with van der Waals surface area (Å²) in [5.41, 5.74) is 3.16. The molecule has 4 aromatic rings. The van der Waals surface area contributed by atoms with Gasteiger partial charge < -0.3 is 5.32 Å². The van der Waals surface area contributed by atoms with Crippen molar-refractivity contribution in [1.82, 2.24) is 20.1 Å². The van der Waals surface area contributed by atoms with Gasteiger partial charge in [0.25, 0.3) is 5.91 Å². The van der Waals surface area contributed by atoms with Gasteiger partial charge in [-0.3, -0.25) is 9.78 Å². The molecule has 2 aromatic carbocycles. The average Bonchev–Trinajstić information content (AvgIpc) is 3.21. The van der Waals surface area contributed by atoms with E-state index in [9.17, 15) is 9.18 Å². The van der Waals surface area contributed by atoms with Crippen LogP contribution in [0.3, 0.4) is 0 Å². The molecular weight excluding hydrogens is 435 g/mol. The maximum Gasteiger partial charge on any atom is 0.255 e. The minimum atomic E-state index is -0.356. The van der Waals surface area contributed by atoms with Crippen molar-refractivity contribution in [2.24, 2.45) is 0 Å². The molecule has 0 aliphatic carbocycles. The number of hydrogen-bond acceptors (Lipinski definition) is 3. The van der Waals surface area contributed by atoms with Gasteiger partial charge in [-0.1, -0.05) is 34.1 Å². The van der Waals surface area contributed by atoms with E-state index >= 15 is 0 Å². The van der Waals surface area contributed by atoms with Gasteiger partial charge >= 0.3 is 0 Å². The molecule has 0 unspecified atom stereocenters. The number of hydrogen-bond donors (Lipinski definition) is 1. The number of nitrogens with one attached hydrogen (secondary N) is 1. The number of para-hydroxylation sites is 1. The van der Waals surface area contributed by atoms with Crippen molar-refractivity contribution < 1.29 is 9.18 Å². The lowest BCUT2D eigenvalue weighted by molar-refractivity contribution is 0.0951. The molecule has 0 atom stereocenters. The van der Waals surface area contributed by atoms with E-state index in [4.69, 9.17) is 0 Å². The van der Waals surface area contributed by atoms with E-state index in [1.807, 2.05) is 36.4 Å². The Balaban J connectivity index is 1.67. The minimum Gasteiger partial charge on any atom is -0.348 e. The molecule has 0 saturated heterocycles. The SMILES string of the molecule is O=C(NCc1cc(F)ccc1Br)c1cn(-c2ccccc2)nc1-c1cccnc1. The van der Waals surface area contributed by atoms with Crippen molar-refractivity contribution in [3.8, 4) is 16.9 Å². The Labute approximate surface area is 175 Å². The third-order valence-corrected chi connectivity index (χ3v) is 5.14. The van der Waals surface area contributed by atoms with Crippen molar-refractivity contribution in [2.45, 2.75) is 6.54 Å². The Morgan fingerprint density at radius 2 is 1.93 bits per heavy atom. The van der Waals surface area contributed by atoms with Gasteiger partial charge in [0.05, 0.1) is 11.3 Å². The van der Waals surface area contributed by atoms with Crippen LogP contribution >= 0.6 is 15.9 Å². The summed E-state index contributed by atoms with van der Waals surface area (Å²) in [4.78, 5) is 17.1. The molecule has 1 N–H and O–H groups in total.